The highest BCUT2D eigenvalue weighted by atomic mass is 28.4. The normalized spacial score (nSPS) is 21.8. The lowest BCUT2D eigenvalue weighted by Crippen LogP contribution is -2.44. The van der Waals surface area contributed by atoms with Crippen LogP contribution in [0.15, 0.2) is 0 Å². The van der Waals surface area contributed by atoms with Gasteiger partial charge in [0, 0.05) is 17.2 Å². The average Bonchev–Trinajstić information content (AvgIpc) is 3.13. The quantitative estimate of drug-likeness (QED) is 0.353. The summed E-state index contributed by atoms with van der Waals surface area (Å²) in [5.41, 5.74) is 5.18. The highest BCUT2D eigenvalue weighted by Crippen LogP contribution is 2.49. The molecule has 0 aromatic carbocycles. The van der Waals surface area contributed by atoms with Crippen LogP contribution >= 0.6 is 0 Å². The summed E-state index contributed by atoms with van der Waals surface area (Å²) >= 11 is 0. The fraction of sp³-hybridized carbons (Fsp3) is 0.769. The van der Waals surface area contributed by atoms with Crippen LogP contribution in [0.1, 0.15) is 119 Å². The number of ether oxygens (including phenoxy) is 1. The first kappa shape index (κ1) is 24.4. The summed E-state index contributed by atoms with van der Waals surface area (Å²) in [4.78, 5) is 18.3. The second-order valence-corrected chi connectivity index (χ2v) is 16.7. The Bertz CT molecular complexity index is 832. The molecule has 5 heteroatoms. The van der Waals surface area contributed by atoms with E-state index < -0.39 is 8.32 Å². The number of fused-ring (bicyclic) bond motifs is 1. The molecule has 1 unspecified atom stereocenters. The van der Waals surface area contributed by atoms with Crippen LogP contribution in [0.5, 0.6) is 0 Å². The molecule has 0 spiro atoms. The lowest BCUT2D eigenvalue weighted by atomic mass is 9.73. The van der Waals surface area contributed by atoms with Crippen molar-refractivity contribution >= 4 is 14.3 Å². The van der Waals surface area contributed by atoms with Crippen molar-refractivity contribution in [3.05, 3.63) is 28.1 Å². The Hall–Kier alpha value is -1.20. The molecule has 0 amide bonds. The molecule has 1 atom stereocenters. The first-order valence-corrected chi connectivity index (χ1v) is 15.1. The molecule has 0 aliphatic heterocycles. The molecule has 1 fully saturated rings. The van der Waals surface area contributed by atoms with Gasteiger partial charge in [-0.2, -0.15) is 0 Å². The first-order valence-electron chi connectivity index (χ1n) is 12.2. The Balaban J connectivity index is 2.17. The molecule has 1 aromatic heterocycles. The van der Waals surface area contributed by atoms with Gasteiger partial charge in [-0.25, -0.2) is 4.79 Å². The van der Waals surface area contributed by atoms with Gasteiger partial charge in [-0.3, -0.25) is 4.98 Å². The van der Waals surface area contributed by atoms with Crippen molar-refractivity contribution in [3.63, 3.8) is 0 Å². The fourth-order valence-electron chi connectivity index (χ4n) is 5.08. The Morgan fingerprint density at radius 1 is 1.19 bits per heavy atom. The summed E-state index contributed by atoms with van der Waals surface area (Å²) in [6.07, 6.45) is 6.54. The largest absolute Gasteiger partial charge is 0.462 e. The van der Waals surface area contributed by atoms with Crippen LogP contribution in [0, 0.1) is 12.3 Å². The number of nitrogens with zero attached hydrogens (tertiary/aromatic N) is 1. The van der Waals surface area contributed by atoms with Gasteiger partial charge >= 0.3 is 5.97 Å². The van der Waals surface area contributed by atoms with Gasteiger partial charge in [0.2, 0.25) is 0 Å². The van der Waals surface area contributed by atoms with E-state index in [0.29, 0.717) is 12.5 Å². The summed E-state index contributed by atoms with van der Waals surface area (Å²) < 4.78 is 12.5. The molecular formula is C26H43NO3Si. The monoisotopic (exact) mass is 445 g/mol. The maximum atomic E-state index is 13.1. The highest BCUT2D eigenvalue weighted by Gasteiger charge is 2.44. The first-order chi connectivity index (χ1) is 14.3. The fourth-order valence-corrected chi connectivity index (χ4v) is 6.35. The van der Waals surface area contributed by atoms with Gasteiger partial charge in [0.05, 0.1) is 24.0 Å². The van der Waals surface area contributed by atoms with Gasteiger partial charge in [-0.05, 0) is 68.6 Å². The van der Waals surface area contributed by atoms with Gasteiger partial charge in [-0.1, -0.05) is 47.5 Å². The van der Waals surface area contributed by atoms with Gasteiger partial charge in [0.15, 0.2) is 8.32 Å². The zero-order chi connectivity index (χ0) is 23.2. The topological polar surface area (TPSA) is 48.4 Å². The number of carbonyl (C=O) groups is 1. The van der Waals surface area contributed by atoms with E-state index in [9.17, 15) is 4.79 Å². The van der Waals surface area contributed by atoms with Crippen molar-refractivity contribution in [1.29, 1.82) is 0 Å². The number of hydrogen-bond acceptors (Lipinski definition) is 4. The predicted octanol–water partition coefficient (Wildman–Crippen LogP) is 7.26. The summed E-state index contributed by atoms with van der Waals surface area (Å²) in [6, 6.07) is 0. The van der Waals surface area contributed by atoms with Crippen molar-refractivity contribution in [2.75, 3.05) is 6.61 Å². The van der Waals surface area contributed by atoms with Crippen molar-refractivity contribution in [1.82, 2.24) is 4.98 Å². The Morgan fingerprint density at radius 2 is 1.81 bits per heavy atom. The zero-order valence-corrected chi connectivity index (χ0v) is 22.3. The molecule has 0 radical (unpaired) electrons. The average molecular weight is 446 g/mol. The van der Waals surface area contributed by atoms with Crippen molar-refractivity contribution in [2.45, 2.75) is 117 Å². The molecule has 0 N–H and O–H groups in total. The van der Waals surface area contributed by atoms with Crippen molar-refractivity contribution in [2.24, 2.45) is 5.41 Å². The highest BCUT2D eigenvalue weighted by molar-refractivity contribution is 6.74. The molecule has 1 aromatic rings. The third-order valence-corrected chi connectivity index (χ3v) is 12.3. The number of hydrogen-bond donors (Lipinski definition) is 0. The predicted molar refractivity (Wildman–Crippen MR) is 129 cm³/mol. The molecule has 174 valence electrons. The van der Waals surface area contributed by atoms with E-state index in [0.717, 1.165) is 53.8 Å². The van der Waals surface area contributed by atoms with E-state index in [1.54, 1.807) is 0 Å². The lowest BCUT2D eigenvalue weighted by molar-refractivity contribution is 0.0521. The maximum absolute atomic E-state index is 13.1. The van der Waals surface area contributed by atoms with Crippen molar-refractivity contribution < 1.29 is 14.0 Å². The van der Waals surface area contributed by atoms with E-state index >= 15 is 0 Å². The molecule has 1 saturated carbocycles. The third kappa shape index (κ3) is 4.92. The van der Waals surface area contributed by atoms with Gasteiger partial charge in [-0.15, -0.1) is 0 Å². The zero-order valence-electron chi connectivity index (χ0n) is 21.3. The van der Waals surface area contributed by atoms with E-state index in [4.69, 9.17) is 14.1 Å². The number of esters is 1. The summed E-state index contributed by atoms with van der Waals surface area (Å²) in [7, 11) is -1.99. The van der Waals surface area contributed by atoms with Crippen LogP contribution in [0.25, 0.3) is 0 Å². The van der Waals surface area contributed by atoms with Crippen LogP contribution in [-0.2, 0) is 15.6 Å². The summed E-state index contributed by atoms with van der Waals surface area (Å²) in [5.74, 6) is 0.154. The van der Waals surface area contributed by atoms with Gasteiger partial charge < -0.3 is 9.16 Å². The van der Waals surface area contributed by atoms with Crippen LogP contribution in [0.2, 0.25) is 18.1 Å². The second-order valence-electron chi connectivity index (χ2n) is 12.0. The molecular weight excluding hydrogens is 402 g/mol. The molecule has 3 rings (SSSR count). The van der Waals surface area contributed by atoms with Gasteiger partial charge in [0.1, 0.15) is 0 Å². The number of aromatic nitrogens is 1. The maximum Gasteiger partial charge on any atom is 0.340 e. The Labute approximate surface area is 190 Å². The Morgan fingerprint density at radius 3 is 2.35 bits per heavy atom. The van der Waals surface area contributed by atoms with Crippen LogP contribution in [0.3, 0.4) is 0 Å². The van der Waals surface area contributed by atoms with Gasteiger partial charge in [0.25, 0.3) is 0 Å². The number of rotatable bonds is 5. The van der Waals surface area contributed by atoms with E-state index in [1.165, 1.54) is 12.8 Å². The minimum absolute atomic E-state index is 0.0158. The minimum atomic E-state index is -1.99. The molecule has 31 heavy (non-hydrogen) atoms. The lowest BCUT2D eigenvalue weighted by Gasteiger charge is -2.44. The van der Waals surface area contributed by atoms with Crippen molar-refractivity contribution in [3.8, 4) is 0 Å². The SMILES string of the molecule is CCOC(=O)c1c(C2CCCC2)nc2c(c1C)C(O[Si](C)(C)C(C)(C)C)CC(C)(C)C2. The minimum Gasteiger partial charge on any atom is -0.462 e. The molecule has 2 aliphatic carbocycles. The molecule has 4 nitrogen and oxygen atoms in total. The van der Waals surface area contributed by atoms with E-state index in [-0.39, 0.29) is 22.5 Å². The molecule has 0 saturated heterocycles. The van der Waals surface area contributed by atoms with E-state index in [1.807, 2.05) is 6.92 Å². The number of carbonyl (C=O) groups excluding carboxylic acids is 1. The standard InChI is InChI=1S/C26H43NO3Si/c1-10-29-24(28)22-17(2)21-19(27-23(22)18-13-11-12-14-18)15-26(6,7)16-20(21)30-31(8,9)25(3,4)5/h18,20H,10-16H2,1-9H3. The van der Waals surface area contributed by atoms with Crippen LogP contribution in [-0.4, -0.2) is 25.9 Å². The summed E-state index contributed by atoms with van der Waals surface area (Å²) in [5, 5.41) is 0.129. The number of pyridine rings is 1. The van der Waals surface area contributed by atoms with Crippen LogP contribution in [0.4, 0.5) is 0 Å². The van der Waals surface area contributed by atoms with Crippen LogP contribution < -0.4 is 0 Å². The molecule has 0 bridgehead atoms. The third-order valence-electron chi connectivity index (χ3n) is 7.77. The Kier molecular flexibility index (Phi) is 6.80. The van der Waals surface area contributed by atoms with E-state index in [2.05, 4.69) is 54.6 Å². The molecule has 1 heterocycles. The summed E-state index contributed by atoms with van der Waals surface area (Å²) in [6.45, 7) is 20.5. The smallest absolute Gasteiger partial charge is 0.340 e. The molecule has 2 aliphatic rings. The second kappa shape index (κ2) is 8.62.